The van der Waals surface area contributed by atoms with Crippen molar-refractivity contribution >= 4 is 33.0 Å². The van der Waals surface area contributed by atoms with Gasteiger partial charge in [-0.15, -0.1) is 0 Å². The van der Waals surface area contributed by atoms with Gasteiger partial charge in [-0.3, -0.25) is 10.1 Å². The summed E-state index contributed by atoms with van der Waals surface area (Å²) in [5, 5.41) is 14.9. The second kappa shape index (κ2) is 10.2. The van der Waals surface area contributed by atoms with Crippen LogP contribution in [0.1, 0.15) is 46.5 Å². The van der Waals surface area contributed by atoms with E-state index in [9.17, 15) is 18.5 Å². The van der Waals surface area contributed by atoms with E-state index in [0.717, 1.165) is 25.7 Å². The van der Waals surface area contributed by atoms with Gasteiger partial charge in [0.2, 0.25) is 21.7 Å². The highest BCUT2D eigenvalue weighted by molar-refractivity contribution is 7.89. The normalized spacial score (nSPS) is 16.9. The van der Waals surface area contributed by atoms with Gasteiger partial charge in [-0.25, -0.2) is 18.4 Å². The van der Waals surface area contributed by atoms with Crippen LogP contribution < -0.4 is 10.2 Å². The van der Waals surface area contributed by atoms with Crippen molar-refractivity contribution in [1.82, 2.24) is 14.3 Å². The summed E-state index contributed by atoms with van der Waals surface area (Å²) in [5.41, 5.74) is 0.328. The standard InChI is InChI=1S/C21H30N6O4S/c1-4-17-9-7-8-14-26(17)21-19(27(28)29)20(22-15-23-21)24-16-10-12-18(13-11-16)32(30,31)25(5-2)6-3/h10-13,15,17H,4-9,14H2,1-3H3,(H,22,23,24). The van der Waals surface area contributed by atoms with E-state index in [0.29, 0.717) is 31.1 Å². The third-order valence-corrected chi connectivity index (χ3v) is 7.88. The quantitative estimate of drug-likeness (QED) is 0.439. The molecule has 11 heteroatoms. The molecule has 1 aliphatic rings. The lowest BCUT2D eigenvalue weighted by Crippen LogP contribution is -2.40. The molecule has 1 saturated heterocycles. The number of rotatable bonds is 9. The Bertz CT molecular complexity index is 1040. The predicted molar refractivity (Wildman–Crippen MR) is 124 cm³/mol. The third kappa shape index (κ3) is 4.83. The summed E-state index contributed by atoms with van der Waals surface area (Å²) >= 11 is 0. The highest BCUT2D eigenvalue weighted by Crippen LogP contribution is 2.37. The Morgan fingerprint density at radius 2 is 1.84 bits per heavy atom. The Balaban J connectivity index is 1.92. The van der Waals surface area contributed by atoms with Crippen molar-refractivity contribution in [3.8, 4) is 0 Å². The summed E-state index contributed by atoms with van der Waals surface area (Å²) in [4.78, 5) is 22.1. The Kier molecular flexibility index (Phi) is 7.62. The van der Waals surface area contributed by atoms with Crippen LogP contribution in [0, 0.1) is 10.1 Å². The van der Waals surface area contributed by atoms with Crippen LogP contribution >= 0.6 is 0 Å². The molecule has 3 rings (SSSR count). The van der Waals surface area contributed by atoms with Gasteiger partial charge in [-0.1, -0.05) is 20.8 Å². The zero-order chi connectivity index (χ0) is 23.3. The number of hydrogen-bond acceptors (Lipinski definition) is 8. The average molecular weight is 463 g/mol. The lowest BCUT2D eigenvalue weighted by Gasteiger charge is -2.35. The number of anilines is 3. The Hall–Kier alpha value is -2.79. The summed E-state index contributed by atoms with van der Waals surface area (Å²) in [6, 6.07) is 6.34. The molecule has 2 heterocycles. The molecule has 10 nitrogen and oxygen atoms in total. The van der Waals surface area contributed by atoms with Gasteiger partial charge in [0.05, 0.1) is 9.82 Å². The van der Waals surface area contributed by atoms with Crippen LogP contribution in [0.15, 0.2) is 35.5 Å². The van der Waals surface area contributed by atoms with Crippen molar-refractivity contribution in [1.29, 1.82) is 0 Å². The lowest BCUT2D eigenvalue weighted by atomic mass is 10.00. The third-order valence-electron chi connectivity index (χ3n) is 5.82. The van der Waals surface area contributed by atoms with E-state index >= 15 is 0 Å². The number of aromatic nitrogens is 2. The van der Waals surface area contributed by atoms with E-state index in [-0.39, 0.29) is 22.4 Å². The van der Waals surface area contributed by atoms with Gasteiger partial charge in [0.15, 0.2) is 0 Å². The lowest BCUT2D eigenvalue weighted by molar-refractivity contribution is -0.383. The van der Waals surface area contributed by atoms with Crippen molar-refractivity contribution in [2.75, 3.05) is 29.9 Å². The van der Waals surface area contributed by atoms with Gasteiger partial charge in [0.25, 0.3) is 0 Å². The fourth-order valence-corrected chi connectivity index (χ4v) is 5.56. The number of hydrogen-bond donors (Lipinski definition) is 1. The minimum Gasteiger partial charge on any atom is -0.348 e. The van der Waals surface area contributed by atoms with Crippen LogP contribution in [-0.2, 0) is 10.0 Å². The molecule has 1 aromatic heterocycles. The molecule has 174 valence electrons. The van der Waals surface area contributed by atoms with Crippen molar-refractivity contribution in [3.05, 3.63) is 40.7 Å². The first-order valence-corrected chi connectivity index (χ1v) is 12.4. The first-order chi connectivity index (χ1) is 15.3. The zero-order valence-electron chi connectivity index (χ0n) is 18.7. The molecule has 0 radical (unpaired) electrons. The van der Waals surface area contributed by atoms with E-state index in [1.165, 1.54) is 22.8 Å². The molecule has 0 aliphatic carbocycles. The van der Waals surface area contributed by atoms with Crippen LogP contribution in [0.4, 0.5) is 23.0 Å². The van der Waals surface area contributed by atoms with Crippen LogP contribution in [0.5, 0.6) is 0 Å². The summed E-state index contributed by atoms with van der Waals surface area (Å²) in [5.74, 6) is 0.402. The summed E-state index contributed by atoms with van der Waals surface area (Å²) in [7, 11) is -3.58. The SMILES string of the molecule is CCC1CCCCN1c1ncnc(Nc2ccc(S(=O)(=O)N(CC)CC)cc2)c1[N+](=O)[O-]. The number of sulfonamides is 1. The topological polar surface area (TPSA) is 122 Å². The first-order valence-electron chi connectivity index (χ1n) is 11.0. The van der Waals surface area contributed by atoms with Crippen LogP contribution in [0.25, 0.3) is 0 Å². The van der Waals surface area contributed by atoms with E-state index in [2.05, 4.69) is 22.2 Å². The molecular weight excluding hydrogens is 432 g/mol. The van der Waals surface area contributed by atoms with Gasteiger partial charge in [0, 0.05) is 31.4 Å². The second-order valence-corrected chi connectivity index (χ2v) is 9.58. The van der Waals surface area contributed by atoms with Crippen molar-refractivity contribution < 1.29 is 13.3 Å². The van der Waals surface area contributed by atoms with Crippen molar-refractivity contribution in [3.63, 3.8) is 0 Å². The molecule has 32 heavy (non-hydrogen) atoms. The number of nitro groups is 1. The number of nitrogens with one attached hydrogen (secondary N) is 1. The zero-order valence-corrected chi connectivity index (χ0v) is 19.5. The Labute approximate surface area is 188 Å². The highest BCUT2D eigenvalue weighted by Gasteiger charge is 2.32. The van der Waals surface area contributed by atoms with Crippen LogP contribution in [0.2, 0.25) is 0 Å². The average Bonchev–Trinajstić information content (AvgIpc) is 2.79. The van der Waals surface area contributed by atoms with E-state index in [4.69, 9.17) is 0 Å². The molecule has 0 spiro atoms. The molecule has 1 N–H and O–H groups in total. The first kappa shape index (κ1) is 23.9. The molecule has 1 unspecified atom stereocenters. The minimum absolute atomic E-state index is 0.0831. The largest absolute Gasteiger partial charge is 0.353 e. The number of benzene rings is 1. The maximum Gasteiger partial charge on any atom is 0.353 e. The molecule has 0 amide bonds. The minimum atomic E-state index is -3.58. The van der Waals surface area contributed by atoms with Gasteiger partial charge >= 0.3 is 5.69 Å². The van der Waals surface area contributed by atoms with E-state index in [1.807, 2.05) is 4.90 Å². The molecule has 1 aromatic carbocycles. The second-order valence-electron chi connectivity index (χ2n) is 7.64. The van der Waals surface area contributed by atoms with Crippen LogP contribution in [0.3, 0.4) is 0 Å². The van der Waals surface area contributed by atoms with Gasteiger partial charge in [0.1, 0.15) is 6.33 Å². The molecule has 1 fully saturated rings. The number of nitrogens with zero attached hydrogens (tertiary/aromatic N) is 5. The van der Waals surface area contributed by atoms with Crippen LogP contribution in [-0.4, -0.2) is 53.3 Å². The van der Waals surface area contributed by atoms with E-state index < -0.39 is 14.9 Å². The highest BCUT2D eigenvalue weighted by atomic mass is 32.2. The fourth-order valence-electron chi connectivity index (χ4n) is 4.10. The van der Waals surface area contributed by atoms with Gasteiger partial charge < -0.3 is 10.2 Å². The summed E-state index contributed by atoms with van der Waals surface area (Å²) in [6.07, 6.45) is 5.24. The monoisotopic (exact) mass is 462 g/mol. The molecule has 2 aromatic rings. The summed E-state index contributed by atoms with van der Waals surface area (Å²) in [6.45, 7) is 7.12. The fraction of sp³-hybridized carbons (Fsp3) is 0.524. The predicted octanol–water partition coefficient (Wildman–Crippen LogP) is 3.93. The van der Waals surface area contributed by atoms with Gasteiger partial charge in [-0.2, -0.15) is 4.31 Å². The molecule has 0 bridgehead atoms. The maximum atomic E-state index is 12.7. The van der Waals surface area contributed by atoms with Crippen molar-refractivity contribution in [2.24, 2.45) is 0 Å². The molecule has 1 atom stereocenters. The Morgan fingerprint density at radius 3 is 2.44 bits per heavy atom. The van der Waals surface area contributed by atoms with Crippen molar-refractivity contribution in [2.45, 2.75) is 57.4 Å². The maximum absolute atomic E-state index is 12.7. The number of piperidine rings is 1. The summed E-state index contributed by atoms with van der Waals surface area (Å²) < 4.78 is 26.7. The molecular formula is C21H30N6O4S. The van der Waals surface area contributed by atoms with E-state index in [1.54, 1.807) is 26.0 Å². The molecule has 1 aliphatic heterocycles. The smallest absolute Gasteiger partial charge is 0.348 e. The molecule has 0 saturated carbocycles. The Morgan fingerprint density at radius 1 is 1.16 bits per heavy atom. The van der Waals surface area contributed by atoms with Gasteiger partial charge in [-0.05, 0) is 49.9 Å².